The van der Waals surface area contributed by atoms with E-state index < -0.39 is 0 Å². The number of nitrogens with zero attached hydrogens (tertiary/aromatic N) is 2. The summed E-state index contributed by atoms with van der Waals surface area (Å²) >= 11 is 0. The van der Waals surface area contributed by atoms with Gasteiger partial charge >= 0.3 is 6.54 Å². The van der Waals surface area contributed by atoms with Crippen molar-refractivity contribution in [2.75, 3.05) is 6.54 Å². The topological polar surface area (TPSA) is 28.1 Å². The van der Waals surface area contributed by atoms with Crippen LogP contribution in [0, 0.1) is 5.39 Å². The summed E-state index contributed by atoms with van der Waals surface area (Å²) in [6, 6.07) is 10.2. The van der Waals surface area contributed by atoms with Gasteiger partial charge in [-0.2, -0.15) is 0 Å². The number of diazo groups is 1. The summed E-state index contributed by atoms with van der Waals surface area (Å²) in [5, 5.41) is 8.17. The highest BCUT2D eigenvalue weighted by molar-refractivity contribution is 5.14. The zero-order valence-electron chi connectivity index (χ0n) is 6.40. The van der Waals surface area contributed by atoms with Gasteiger partial charge in [-0.3, -0.25) is 0 Å². The lowest BCUT2D eigenvalue weighted by molar-refractivity contribution is 0.882. The molecule has 0 atom stereocenters. The van der Waals surface area contributed by atoms with Crippen molar-refractivity contribution in [3.8, 4) is 0 Å². The van der Waals surface area contributed by atoms with Gasteiger partial charge in [0.2, 0.25) is 5.39 Å². The molecule has 0 saturated heterocycles. The molecule has 0 radical (unpaired) electrons. The highest BCUT2D eigenvalue weighted by atomic mass is 14.8. The van der Waals surface area contributed by atoms with Crippen molar-refractivity contribution >= 4 is 0 Å². The normalized spacial score (nSPS) is 9.00. The van der Waals surface area contributed by atoms with Crippen LogP contribution in [0.2, 0.25) is 0 Å². The highest BCUT2D eigenvalue weighted by Crippen LogP contribution is 2.01. The standard InChI is InChI=1S/C9H11N2/c10-11-8-4-7-9-5-2-1-3-6-9/h1-3,5-6H,4,7-8H2/q+1. The third-order valence-corrected chi connectivity index (χ3v) is 1.57. The van der Waals surface area contributed by atoms with E-state index in [1.54, 1.807) is 0 Å². The molecule has 0 aromatic heterocycles. The predicted molar refractivity (Wildman–Crippen MR) is 44.7 cm³/mol. The van der Waals surface area contributed by atoms with Crippen molar-refractivity contribution in [2.24, 2.45) is 0 Å². The number of hydrogen-bond acceptors (Lipinski definition) is 1. The smallest absolute Gasteiger partial charge is 0.0622 e. The minimum Gasteiger partial charge on any atom is -0.0622 e. The van der Waals surface area contributed by atoms with Gasteiger partial charge in [-0.25, -0.2) is 0 Å². The summed E-state index contributed by atoms with van der Waals surface area (Å²) in [6.45, 7) is 0.537. The Balaban J connectivity index is 2.35. The lowest BCUT2D eigenvalue weighted by atomic mass is 10.1. The SMILES string of the molecule is N#[N+]CCCc1ccccc1. The molecule has 0 heterocycles. The Morgan fingerprint density at radius 1 is 1.18 bits per heavy atom. The summed E-state index contributed by atoms with van der Waals surface area (Å²) in [7, 11) is 0. The van der Waals surface area contributed by atoms with Crippen molar-refractivity contribution in [2.45, 2.75) is 12.8 Å². The Kier molecular flexibility index (Phi) is 3.14. The largest absolute Gasteiger partial charge is 0.306 e. The van der Waals surface area contributed by atoms with Gasteiger partial charge in [0.1, 0.15) is 4.98 Å². The van der Waals surface area contributed by atoms with Crippen LogP contribution in [0.25, 0.3) is 4.98 Å². The molecule has 0 aliphatic heterocycles. The number of aryl methyl sites for hydroxylation is 1. The molecule has 0 fully saturated rings. The first kappa shape index (κ1) is 7.74. The first-order valence-electron chi connectivity index (χ1n) is 3.78. The van der Waals surface area contributed by atoms with E-state index in [0.717, 1.165) is 12.8 Å². The Morgan fingerprint density at radius 3 is 2.55 bits per heavy atom. The second-order valence-corrected chi connectivity index (χ2v) is 2.45. The first-order chi connectivity index (χ1) is 5.43. The van der Waals surface area contributed by atoms with Gasteiger partial charge in [0.25, 0.3) is 0 Å². The van der Waals surface area contributed by atoms with Crippen LogP contribution in [0.1, 0.15) is 12.0 Å². The van der Waals surface area contributed by atoms with Crippen LogP contribution in [0.5, 0.6) is 0 Å². The lowest BCUT2D eigenvalue weighted by Crippen LogP contribution is -1.85. The van der Waals surface area contributed by atoms with Crippen molar-refractivity contribution in [3.63, 3.8) is 0 Å². The van der Waals surface area contributed by atoms with Gasteiger partial charge < -0.3 is 0 Å². The zero-order valence-corrected chi connectivity index (χ0v) is 6.40. The average molecular weight is 147 g/mol. The molecule has 0 aliphatic carbocycles. The van der Waals surface area contributed by atoms with Gasteiger partial charge in [0.15, 0.2) is 0 Å². The monoisotopic (exact) mass is 147 g/mol. The molecule has 1 rings (SSSR count). The lowest BCUT2D eigenvalue weighted by Gasteiger charge is -1.93. The van der Waals surface area contributed by atoms with E-state index in [4.69, 9.17) is 5.39 Å². The molecule has 0 bridgehead atoms. The minimum atomic E-state index is 0.537. The van der Waals surface area contributed by atoms with Crippen LogP contribution < -0.4 is 0 Å². The quantitative estimate of drug-likeness (QED) is 0.476. The molecule has 1 aromatic carbocycles. The van der Waals surface area contributed by atoms with E-state index in [-0.39, 0.29) is 0 Å². The van der Waals surface area contributed by atoms with Crippen LogP contribution >= 0.6 is 0 Å². The van der Waals surface area contributed by atoms with E-state index in [9.17, 15) is 0 Å². The van der Waals surface area contributed by atoms with Crippen molar-refractivity contribution in [1.29, 1.82) is 5.39 Å². The molecule has 2 heteroatoms. The fourth-order valence-corrected chi connectivity index (χ4v) is 0.999. The Hall–Kier alpha value is -1.36. The van der Waals surface area contributed by atoms with Gasteiger partial charge in [0, 0.05) is 6.42 Å². The molecule has 2 nitrogen and oxygen atoms in total. The third-order valence-electron chi connectivity index (χ3n) is 1.57. The summed E-state index contributed by atoms with van der Waals surface area (Å²) < 4.78 is 0. The van der Waals surface area contributed by atoms with Crippen LogP contribution in [0.3, 0.4) is 0 Å². The minimum absolute atomic E-state index is 0.537. The fraction of sp³-hybridized carbons (Fsp3) is 0.333. The zero-order chi connectivity index (χ0) is 7.94. The average Bonchev–Trinajstić information content (AvgIpc) is 2.07. The van der Waals surface area contributed by atoms with Crippen molar-refractivity contribution < 1.29 is 0 Å². The summed E-state index contributed by atoms with van der Waals surface area (Å²) in [6.07, 6.45) is 1.91. The second-order valence-electron chi connectivity index (χ2n) is 2.45. The molecule has 0 saturated carbocycles. The van der Waals surface area contributed by atoms with Crippen LogP contribution in [-0.4, -0.2) is 6.54 Å². The van der Waals surface area contributed by atoms with Gasteiger partial charge in [-0.05, 0) is 12.0 Å². The van der Waals surface area contributed by atoms with Crippen molar-refractivity contribution in [1.82, 2.24) is 0 Å². The van der Waals surface area contributed by atoms with E-state index in [1.165, 1.54) is 5.56 Å². The highest BCUT2D eigenvalue weighted by Gasteiger charge is 1.95. The Bertz CT molecular complexity index is 235. The second kappa shape index (κ2) is 4.45. The third kappa shape index (κ3) is 2.81. The van der Waals surface area contributed by atoms with Crippen LogP contribution in [-0.2, 0) is 6.42 Å². The molecule has 11 heavy (non-hydrogen) atoms. The van der Waals surface area contributed by atoms with E-state index in [1.807, 2.05) is 18.2 Å². The van der Waals surface area contributed by atoms with E-state index >= 15 is 0 Å². The summed E-state index contributed by atoms with van der Waals surface area (Å²) in [4.78, 5) is 3.05. The molecular weight excluding hydrogens is 136 g/mol. The number of rotatable bonds is 3. The summed E-state index contributed by atoms with van der Waals surface area (Å²) in [5.74, 6) is 0. The molecule has 0 amide bonds. The van der Waals surface area contributed by atoms with Gasteiger partial charge in [-0.15, -0.1) is 0 Å². The van der Waals surface area contributed by atoms with E-state index in [2.05, 4.69) is 17.1 Å². The fourth-order valence-electron chi connectivity index (χ4n) is 0.999. The van der Waals surface area contributed by atoms with Gasteiger partial charge in [-0.1, -0.05) is 30.3 Å². The molecule has 56 valence electrons. The Labute approximate surface area is 66.5 Å². The Morgan fingerprint density at radius 2 is 1.91 bits per heavy atom. The number of benzene rings is 1. The maximum Gasteiger partial charge on any atom is 0.306 e. The molecule has 0 N–H and O–H groups in total. The van der Waals surface area contributed by atoms with Crippen LogP contribution in [0.4, 0.5) is 0 Å². The van der Waals surface area contributed by atoms with E-state index in [0.29, 0.717) is 6.54 Å². The maximum absolute atomic E-state index is 8.17. The molecule has 0 unspecified atom stereocenters. The number of hydrogen-bond donors (Lipinski definition) is 0. The van der Waals surface area contributed by atoms with Crippen molar-refractivity contribution in [3.05, 3.63) is 40.9 Å². The molecule has 0 spiro atoms. The molecular formula is C9H11N2+. The predicted octanol–water partition coefficient (Wildman–Crippen LogP) is 2.47. The van der Waals surface area contributed by atoms with Gasteiger partial charge in [0.05, 0.1) is 0 Å². The first-order valence-corrected chi connectivity index (χ1v) is 3.78. The molecule has 0 aliphatic rings. The van der Waals surface area contributed by atoms with Crippen LogP contribution in [0.15, 0.2) is 30.3 Å². The summed E-state index contributed by atoms with van der Waals surface area (Å²) in [5.41, 5.74) is 1.30. The maximum atomic E-state index is 8.17. The molecule has 1 aromatic rings.